The molecular formula is C15H22ClNO3S. The van der Waals surface area contributed by atoms with Crippen LogP contribution in [0, 0.1) is 5.92 Å². The quantitative estimate of drug-likeness (QED) is 0.588. The van der Waals surface area contributed by atoms with E-state index in [0.29, 0.717) is 25.3 Å². The minimum Gasteiger partial charge on any atom is -0.356 e. The van der Waals surface area contributed by atoms with Crippen LogP contribution < -0.4 is 5.32 Å². The Morgan fingerprint density at radius 2 is 1.86 bits per heavy atom. The summed E-state index contributed by atoms with van der Waals surface area (Å²) in [5, 5.41) is 2.89. The monoisotopic (exact) mass is 331 g/mol. The van der Waals surface area contributed by atoms with E-state index in [1.165, 1.54) is 12.1 Å². The molecule has 21 heavy (non-hydrogen) atoms. The van der Waals surface area contributed by atoms with Gasteiger partial charge in [-0.3, -0.25) is 4.79 Å². The second-order valence-electron chi connectivity index (χ2n) is 5.47. The van der Waals surface area contributed by atoms with Gasteiger partial charge in [-0.15, -0.1) is 0 Å². The van der Waals surface area contributed by atoms with Gasteiger partial charge in [-0.25, -0.2) is 8.42 Å². The number of carbonyl (C=O) groups excluding carboxylic acids is 1. The van der Waals surface area contributed by atoms with Crippen LogP contribution in [0.3, 0.4) is 0 Å². The molecule has 1 aromatic carbocycles. The van der Waals surface area contributed by atoms with Crippen molar-refractivity contribution in [3.8, 4) is 0 Å². The molecule has 6 heteroatoms. The van der Waals surface area contributed by atoms with Gasteiger partial charge in [0.2, 0.25) is 5.91 Å². The van der Waals surface area contributed by atoms with Crippen molar-refractivity contribution in [1.29, 1.82) is 0 Å². The Labute approximate surface area is 131 Å². The van der Waals surface area contributed by atoms with Crippen LogP contribution in [-0.4, -0.2) is 20.9 Å². The first-order valence-corrected chi connectivity index (χ1v) is 9.40. The lowest BCUT2D eigenvalue weighted by Gasteiger charge is -2.07. The van der Waals surface area contributed by atoms with E-state index in [1.807, 2.05) is 0 Å². The fraction of sp³-hybridized carbons (Fsp3) is 0.533. The molecule has 0 spiro atoms. The van der Waals surface area contributed by atoms with E-state index in [4.69, 9.17) is 10.7 Å². The summed E-state index contributed by atoms with van der Waals surface area (Å²) in [6.07, 6.45) is 3.08. The van der Waals surface area contributed by atoms with E-state index in [1.54, 1.807) is 12.1 Å². The molecule has 1 amide bonds. The van der Waals surface area contributed by atoms with Crippen LogP contribution >= 0.6 is 10.7 Å². The second kappa shape index (κ2) is 8.39. The smallest absolute Gasteiger partial charge is 0.261 e. The van der Waals surface area contributed by atoms with Gasteiger partial charge in [0.25, 0.3) is 9.05 Å². The minimum absolute atomic E-state index is 0.0211. The lowest BCUT2D eigenvalue weighted by molar-refractivity contribution is -0.121. The maximum atomic E-state index is 11.7. The van der Waals surface area contributed by atoms with Gasteiger partial charge in [0.05, 0.1) is 4.90 Å². The maximum Gasteiger partial charge on any atom is 0.261 e. The third-order valence-corrected chi connectivity index (χ3v) is 4.50. The highest BCUT2D eigenvalue weighted by atomic mass is 35.7. The zero-order valence-corrected chi connectivity index (χ0v) is 14.0. The van der Waals surface area contributed by atoms with E-state index >= 15 is 0 Å². The Morgan fingerprint density at radius 1 is 1.24 bits per heavy atom. The lowest BCUT2D eigenvalue weighted by Crippen LogP contribution is -2.24. The molecule has 0 atom stereocenters. The fourth-order valence-electron chi connectivity index (χ4n) is 1.90. The molecule has 0 fully saturated rings. The van der Waals surface area contributed by atoms with Crippen LogP contribution in [0.15, 0.2) is 29.2 Å². The number of benzene rings is 1. The molecule has 0 bridgehead atoms. The zero-order valence-electron chi connectivity index (χ0n) is 12.4. The number of carbonyl (C=O) groups is 1. The molecule has 0 aliphatic carbocycles. The second-order valence-corrected chi connectivity index (χ2v) is 8.03. The number of halogens is 1. The van der Waals surface area contributed by atoms with E-state index in [9.17, 15) is 13.2 Å². The normalized spacial score (nSPS) is 11.6. The summed E-state index contributed by atoms with van der Waals surface area (Å²) in [5.41, 5.74) is 0.913. The summed E-state index contributed by atoms with van der Waals surface area (Å²) in [6.45, 7) is 5.03. The molecule has 0 unspecified atom stereocenters. The summed E-state index contributed by atoms with van der Waals surface area (Å²) < 4.78 is 22.2. The topological polar surface area (TPSA) is 63.2 Å². The standard InChI is InChI=1S/C15H22ClNO3S/c1-12(2)4-3-11-17-15(18)10-7-13-5-8-14(9-6-13)21(16,19)20/h5-6,8-9,12H,3-4,7,10-11H2,1-2H3,(H,17,18). The van der Waals surface area contributed by atoms with Crippen LogP contribution in [0.1, 0.15) is 38.7 Å². The van der Waals surface area contributed by atoms with Gasteiger partial charge in [0.1, 0.15) is 0 Å². The Hall–Kier alpha value is -1.07. The van der Waals surface area contributed by atoms with E-state index in [2.05, 4.69) is 19.2 Å². The summed E-state index contributed by atoms with van der Waals surface area (Å²) >= 11 is 0. The van der Waals surface area contributed by atoms with Gasteiger partial charge >= 0.3 is 0 Å². The summed E-state index contributed by atoms with van der Waals surface area (Å²) in [5.74, 6) is 0.673. The molecule has 1 aromatic rings. The van der Waals surface area contributed by atoms with E-state index in [-0.39, 0.29) is 10.8 Å². The van der Waals surface area contributed by atoms with Gasteiger partial charge in [0, 0.05) is 23.6 Å². The highest BCUT2D eigenvalue weighted by molar-refractivity contribution is 8.13. The average Bonchev–Trinajstić information content (AvgIpc) is 2.40. The Morgan fingerprint density at radius 3 is 2.38 bits per heavy atom. The van der Waals surface area contributed by atoms with Crippen LogP contribution in [0.4, 0.5) is 0 Å². The maximum absolute atomic E-state index is 11.7. The summed E-state index contributed by atoms with van der Waals surface area (Å²) in [7, 11) is 1.56. The number of rotatable bonds is 8. The highest BCUT2D eigenvalue weighted by Gasteiger charge is 2.09. The lowest BCUT2D eigenvalue weighted by atomic mass is 10.1. The predicted octanol–water partition coefficient (Wildman–Crippen LogP) is 3.10. The Kier molecular flexibility index (Phi) is 7.18. The number of amides is 1. The van der Waals surface area contributed by atoms with Gasteiger partial charge in [-0.05, 0) is 42.9 Å². The van der Waals surface area contributed by atoms with Crippen molar-refractivity contribution in [2.45, 2.75) is 44.4 Å². The molecule has 0 radical (unpaired) electrons. The third kappa shape index (κ3) is 7.48. The van der Waals surface area contributed by atoms with Crippen molar-refractivity contribution >= 4 is 25.6 Å². The van der Waals surface area contributed by atoms with E-state index < -0.39 is 9.05 Å². The van der Waals surface area contributed by atoms with E-state index in [0.717, 1.165) is 18.4 Å². The van der Waals surface area contributed by atoms with Gasteiger partial charge < -0.3 is 5.32 Å². The molecule has 0 saturated carbocycles. The third-order valence-electron chi connectivity index (χ3n) is 3.13. The Bertz CT molecular complexity index is 553. The molecule has 0 aromatic heterocycles. The van der Waals surface area contributed by atoms with Crippen molar-refractivity contribution in [2.75, 3.05) is 6.54 Å². The van der Waals surface area contributed by atoms with Crippen LogP contribution in [0.2, 0.25) is 0 Å². The van der Waals surface area contributed by atoms with Crippen LogP contribution in [0.5, 0.6) is 0 Å². The molecule has 0 aliphatic heterocycles. The molecule has 0 aliphatic rings. The van der Waals surface area contributed by atoms with Crippen molar-refractivity contribution in [3.05, 3.63) is 29.8 Å². The van der Waals surface area contributed by atoms with Gasteiger partial charge in [-0.1, -0.05) is 26.0 Å². The average molecular weight is 332 g/mol. The van der Waals surface area contributed by atoms with Crippen LogP contribution in [-0.2, 0) is 20.3 Å². The van der Waals surface area contributed by atoms with Crippen molar-refractivity contribution < 1.29 is 13.2 Å². The molecule has 0 saturated heterocycles. The molecule has 1 N–H and O–H groups in total. The van der Waals surface area contributed by atoms with Gasteiger partial charge in [-0.2, -0.15) is 0 Å². The van der Waals surface area contributed by atoms with Crippen molar-refractivity contribution in [2.24, 2.45) is 5.92 Å². The molecule has 0 heterocycles. The van der Waals surface area contributed by atoms with Crippen molar-refractivity contribution in [1.82, 2.24) is 5.32 Å². The number of nitrogens with one attached hydrogen (secondary N) is 1. The Balaban J connectivity index is 2.33. The minimum atomic E-state index is -3.68. The first-order chi connectivity index (χ1) is 9.79. The number of hydrogen-bond acceptors (Lipinski definition) is 3. The first-order valence-electron chi connectivity index (χ1n) is 7.09. The highest BCUT2D eigenvalue weighted by Crippen LogP contribution is 2.16. The molecule has 118 valence electrons. The largest absolute Gasteiger partial charge is 0.356 e. The SMILES string of the molecule is CC(C)CCCNC(=O)CCc1ccc(S(=O)(=O)Cl)cc1. The van der Waals surface area contributed by atoms with Gasteiger partial charge in [0.15, 0.2) is 0 Å². The molecule has 4 nitrogen and oxygen atoms in total. The summed E-state index contributed by atoms with van der Waals surface area (Å²) in [6, 6.07) is 6.28. The molecular weight excluding hydrogens is 310 g/mol. The summed E-state index contributed by atoms with van der Waals surface area (Å²) in [4.78, 5) is 11.7. The molecule has 1 rings (SSSR count). The predicted molar refractivity (Wildman–Crippen MR) is 84.9 cm³/mol. The number of aryl methyl sites for hydroxylation is 1. The fourth-order valence-corrected chi connectivity index (χ4v) is 2.67. The first kappa shape index (κ1) is 18.0. The van der Waals surface area contributed by atoms with Crippen molar-refractivity contribution in [3.63, 3.8) is 0 Å². The van der Waals surface area contributed by atoms with Crippen LogP contribution in [0.25, 0.3) is 0 Å². The number of hydrogen-bond donors (Lipinski definition) is 1. The zero-order chi connectivity index (χ0) is 15.9.